The van der Waals surface area contributed by atoms with Gasteiger partial charge >= 0.3 is 18.1 Å². The summed E-state index contributed by atoms with van der Waals surface area (Å²) < 4.78 is 29.1. The molecule has 3 fully saturated rings. The van der Waals surface area contributed by atoms with Crippen LogP contribution in [0, 0.1) is 0 Å². The van der Waals surface area contributed by atoms with Gasteiger partial charge in [0.2, 0.25) is 12.2 Å². The number of amides is 7. The zero-order chi connectivity index (χ0) is 44.6. The minimum Gasteiger partial charge on any atom is -0.462 e. The molecule has 0 radical (unpaired) electrons. The molecule has 0 bridgehead atoms. The van der Waals surface area contributed by atoms with E-state index in [9.17, 15) is 34.5 Å². The zero-order valence-corrected chi connectivity index (χ0v) is 33.8. The monoisotopic (exact) mass is 867 g/mol. The number of benzene rings is 1. The Bertz CT molecular complexity index is 1640. The maximum atomic E-state index is 13.4. The summed E-state index contributed by atoms with van der Waals surface area (Å²) in [5.41, 5.74) is 34.2. The molecule has 3 saturated heterocycles. The third-order valence-corrected chi connectivity index (χ3v) is 9.94. The smallest absolute Gasteiger partial charge is 0.317 e. The number of aliphatic hydroxyl groups is 3. The quantitative estimate of drug-likeness (QED) is 0.0267. The number of nitrogens with two attached hydrogens (primary N) is 6. The third kappa shape index (κ3) is 14.8. The lowest BCUT2D eigenvalue weighted by atomic mass is 9.95. The Hall–Kier alpha value is -5.09. The second-order valence-electron chi connectivity index (χ2n) is 14.6. The third-order valence-electron chi connectivity index (χ3n) is 9.94. The fourth-order valence-electron chi connectivity index (χ4n) is 6.77. The molecule has 4 rings (SSSR count). The zero-order valence-electron chi connectivity index (χ0n) is 33.8. The highest BCUT2D eigenvalue weighted by Gasteiger charge is 2.48. The molecule has 3 heterocycles. The van der Waals surface area contributed by atoms with Crippen LogP contribution in [-0.4, -0.2) is 164 Å². The Kier molecular flexibility index (Phi) is 18.9. The summed E-state index contributed by atoms with van der Waals surface area (Å²) in [7, 11) is 0. The highest BCUT2D eigenvalue weighted by molar-refractivity contribution is 5.91. The van der Waals surface area contributed by atoms with Crippen LogP contribution >= 0.6 is 0 Å². The van der Waals surface area contributed by atoms with E-state index in [1.165, 1.54) is 6.08 Å². The summed E-state index contributed by atoms with van der Waals surface area (Å²) in [4.78, 5) is 53.3. The summed E-state index contributed by atoms with van der Waals surface area (Å²) in [6.45, 7) is 3.78. The van der Waals surface area contributed by atoms with E-state index in [0.717, 1.165) is 32.4 Å². The van der Waals surface area contributed by atoms with Gasteiger partial charge in [0, 0.05) is 12.6 Å². The number of rotatable bonds is 19. The van der Waals surface area contributed by atoms with Gasteiger partial charge in [0.1, 0.15) is 36.1 Å². The first-order valence-corrected chi connectivity index (χ1v) is 19.8. The molecular formula is C36H61N13O12. The van der Waals surface area contributed by atoms with Gasteiger partial charge in [-0.15, -0.1) is 0 Å². The lowest BCUT2D eigenvalue weighted by Gasteiger charge is -2.45. The van der Waals surface area contributed by atoms with Crippen LogP contribution < -0.4 is 71.0 Å². The number of hydrogen-bond donors (Lipinski definition) is 15. The molecule has 13 atom stereocenters. The van der Waals surface area contributed by atoms with Crippen LogP contribution in [0.15, 0.2) is 35.3 Å². The number of carbonyl (C=O) groups excluding carboxylic acids is 4. The molecule has 7 amide bonds. The van der Waals surface area contributed by atoms with Crippen molar-refractivity contribution in [1.82, 2.24) is 31.9 Å². The van der Waals surface area contributed by atoms with Gasteiger partial charge in [0.15, 0.2) is 18.5 Å². The minimum atomic E-state index is -1.59. The summed E-state index contributed by atoms with van der Waals surface area (Å²) in [6.07, 6.45) is -4.49. The number of aliphatic imine (C=N–C) groups is 1. The van der Waals surface area contributed by atoms with Crippen LogP contribution in [0.3, 0.4) is 0 Å². The van der Waals surface area contributed by atoms with Crippen molar-refractivity contribution in [3.63, 3.8) is 0 Å². The van der Waals surface area contributed by atoms with Crippen molar-refractivity contribution in [2.24, 2.45) is 39.4 Å². The van der Waals surface area contributed by atoms with Crippen LogP contribution in [0.2, 0.25) is 0 Å². The van der Waals surface area contributed by atoms with Gasteiger partial charge in [0.25, 0.3) is 0 Å². The average molecular weight is 868 g/mol. The van der Waals surface area contributed by atoms with E-state index in [1.807, 2.05) is 0 Å². The van der Waals surface area contributed by atoms with E-state index in [0.29, 0.717) is 24.4 Å². The van der Waals surface area contributed by atoms with Gasteiger partial charge in [-0.3, -0.25) is 4.79 Å². The number of aliphatic hydroxyl groups excluding tert-OH is 3. The molecule has 0 saturated carbocycles. The second-order valence-corrected chi connectivity index (χ2v) is 14.6. The first-order valence-electron chi connectivity index (χ1n) is 19.8. The predicted octanol–water partition coefficient (Wildman–Crippen LogP) is -5.45. The molecule has 0 unspecified atom stereocenters. The molecule has 3 aliphatic rings. The molecule has 25 nitrogen and oxygen atoms in total. The molecule has 25 heteroatoms. The van der Waals surface area contributed by atoms with Gasteiger partial charge in [-0.1, -0.05) is 12.1 Å². The van der Waals surface area contributed by atoms with Crippen molar-refractivity contribution in [3.05, 3.63) is 35.9 Å². The summed E-state index contributed by atoms with van der Waals surface area (Å²) in [5.74, 6) is -0.312. The highest BCUT2D eigenvalue weighted by Crippen LogP contribution is 2.28. The number of nitrogens with zero attached hydrogens (tertiary/aromatic N) is 1. The van der Waals surface area contributed by atoms with Crippen LogP contribution in [0.1, 0.15) is 31.7 Å². The maximum absolute atomic E-state index is 13.4. The van der Waals surface area contributed by atoms with Crippen molar-refractivity contribution in [1.29, 1.82) is 0 Å². The van der Waals surface area contributed by atoms with Crippen molar-refractivity contribution in [3.8, 4) is 5.75 Å². The Labute approximate surface area is 352 Å². The van der Waals surface area contributed by atoms with E-state index in [2.05, 4.69) is 36.9 Å². The summed E-state index contributed by atoms with van der Waals surface area (Å²) in [5, 5.41) is 48.7. The first-order chi connectivity index (χ1) is 29.1. The van der Waals surface area contributed by atoms with Gasteiger partial charge in [0.05, 0.1) is 43.5 Å². The van der Waals surface area contributed by atoms with Gasteiger partial charge in [-0.2, -0.15) is 0 Å². The lowest BCUT2D eigenvalue weighted by molar-refractivity contribution is -0.263. The number of primary amides is 2. The van der Waals surface area contributed by atoms with E-state index in [-0.39, 0.29) is 19.1 Å². The molecule has 0 aliphatic carbocycles. The fourth-order valence-corrected chi connectivity index (χ4v) is 6.77. The number of hydrogen-bond acceptors (Lipinski definition) is 16. The number of ether oxygens (including phenoxy) is 5. The van der Waals surface area contributed by atoms with Crippen molar-refractivity contribution in [2.45, 2.75) is 106 Å². The predicted molar refractivity (Wildman–Crippen MR) is 218 cm³/mol. The van der Waals surface area contributed by atoms with Crippen molar-refractivity contribution >= 4 is 36.0 Å². The second kappa shape index (κ2) is 23.8. The number of nitrogens with one attached hydrogen (secondary N) is 6. The normalized spacial score (nSPS) is 31.3. The molecule has 0 aromatic heterocycles. The number of carbonyl (C=O) groups is 4. The van der Waals surface area contributed by atoms with Gasteiger partial charge in [-0.05, 0) is 69.6 Å². The molecular weight excluding hydrogens is 806 g/mol. The number of urea groups is 3. The first kappa shape index (κ1) is 48.6. The Morgan fingerprint density at radius 1 is 0.836 bits per heavy atom. The van der Waals surface area contributed by atoms with E-state index >= 15 is 0 Å². The van der Waals surface area contributed by atoms with Crippen LogP contribution in [0.5, 0.6) is 5.75 Å². The lowest BCUT2D eigenvalue weighted by Crippen LogP contribution is -2.70. The average Bonchev–Trinajstić information content (AvgIpc) is 3.20. The fraction of sp³-hybridized carbons (Fsp3) is 0.639. The molecule has 0 spiro atoms. The molecule has 61 heavy (non-hydrogen) atoms. The van der Waals surface area contributed by atoms with Crippen molar-refractivity contribution in [2.75, 3.05) is 39.4 Å². The Morgan fingerprint density at radius 2 is 1.52 bits per heavy atom. The Morgan fingerprint density at radius 3 is 2.20 bits per heavy atom. The molecule has 21 N–H and O–H groups in total. The van der Waals surface area contributed by atoms with Gasteiger partial charge in [-0.25, -0.2) is 19.4 Å². The molecule has 342 valence electrons. The van der Waals surface area contributed by atoms with Gasteiger partial charge < -0.3 is 105 Å². The van der Waals surface area contributed by atoms with Crippen molar-refractivity contribution < 1.29 is 58.2 Å². The Balaban J connectivity index is 1.33. The van der Waals surface area contributed by atoms with Crippen LogP contribution in [0.25, 0.3) is 6.08 Å². The van der Waals surface area contributed by atoms with E-state index < -0.39 is 104 Å². The standard InChI is InChI=1S/C36H61N13O12/c1-17-24(48-36(56)49-30-26(47-35(42)55)28(52)21(16-57-30)61-31-25(46-34(41)54)23(38)20(50)15-58-31)29(53)27(45-33(39)40)32(59-17)60-19-8-5-18(6-9-19)7-10-22(51)44-14-4-13-43-12-3-2-11-37/h5-10,17,20-21,23-32,43,50,52-53H,2-4,11-16,37-38H2,1H3,(H,44,51)(H4,39,40,45)(H3,41,46,54)(H3,42,47,55)(H2,48,49,56)/b10-7+/t17-,20-,21-,23+,24-,25-,26-,27-,28+,29+,30+,31+,32-/m1/s1. The number of unbranched alkanes of at least 4 members (excludes halogenated alkanes) is 1. The van der Waals surface area contributed by atoms with Crippen LogP contribution in [-0.2, 0) is 23.7 Å². The minimum absolute atomic E-state index is 0.238. The van der Waals surface area contributed by atoms with E-state index in [1.54, 1.807) is 37.3 Å². The topological polar surface area (TPSA) is 416 Å². The SMILES string of the molecule is C[C@H]1O[C@H](Oc2ccc(/C=C/C(=O)NCCCNCCCCN)cc2)[C@H](N=C(N)N)[C@@H](O)[C@@H]1NC(=O)N[C@H]1OC[C@@H](O[C@@H]2OC[C@@H](O)[C@H](N)[C@H]2NC(N)=O)[C@H](O)[C@H]1NC(N)=O. The maximum Gasteiger partial charge on any atom is 0.317 e. The number of guanidine groups is 1. The van der Waals surface area contributed by atoms with Crippen LogP contribution in [0.4, 0.5) is 14.4 Å². The molecule has 1 aromatic rings. The molecule has 3 aliphatic heterocycles. The largest absolute Gasteiger partial charge is 0.462 e. The summed E-state index contributed by atoms with van der Waals surface area (Å²) >= 11 is 0. The highest BCUT2D eigenvalue weighted by atomic mass is 16.7. The molecule has 1 aromatic carbocycles. The summed E-state index contributed by atoms with van der Waals surface area (Å²) in [6, 6.07) is -2.30. The van der Waals surface area contributed by atoms with E-state index in [4.69, 9.17) is 58.1 Å².